The molecule has 0 bridgehead atoms. The Morgan fingerprint density at radius 1 is 1.22 bits per heavy atom. The lowest BCUT2D eigenvalue weighted by Crippen LogP contribution is -2.22. The van der Waals surface area contributed by atoms with Crippen LogP contribution in [0.25, 0.3) is 0 Å². The highest BCUT2D eigenvalue weighted by Gasteiger charge is 2.12. The maximum absolute atomic E-state index is 5.42. The molecular weight excluding hydrogens is 222 g/mol. The van der Waals surface area contributed by atoms with Crippen LogP contribution in [0.15, 0.2) is 18.2 Å². The average molecular weight is 249 g/mol. The monoisotopic (exact) mass is 249 g/mol. The van der Waals surface area contributed by atoms with Crippen LogP contribution in [0.1, 0.15) is 49.4 Å². The van der Waals surface area contributed by atoms with Crippen LogP contribution >= 0.6 is 0 Å². The second kappa shape index (κ2) is 8.28. The van der Waals surface area contributed by atoms with Gasteiger partial charge in [-0.25, -0.2) is 0 Å². The molecule has 0 saturated heterocycles. The minimum Gasteiger partial charge on any atom is -0.382 e. The van der Waals surface area contributed by atoms with Gasteiger partial charge in [-0.2, -0.15) is 0 Å². The van der Waals surface area contributed by atoms with E-state index in [2.05, 4.69) is 44.3 Å². The molecule has 1 aromatic rings. The molecule has 1 N–H and O–H groups in total. The van der Waals surface area contributed by atoms with Gasteiger partial charge in [0.05, 0.1) is 0 Å². The van der Waals surface area contributed by atoms with E-state index in [9.17, 15) is 0 Å². The predicted molar refractivity (Wildman–Crippen MR) is 78.1 cm³/mol. The van der Waals surface area contributed by atoms with Crippen LogP contribution < -0.4 is 5.32 Å². The number of hydrogen-bond acceptors (Lipinski definition) is 2. The lowest BCUT2D eigenvalue weighted by Gasteiger charge is -2.20. The van der Waals surface area contributed by atoms with Crippen molar-refractivity contribution in [3.8, 4) is 0 Å². The van der Waals surface area contributed by atoms with Crippen LogP contribution in [0.2, 0.25) is 0 Å². The molecule has 0 aliphatic carbocycles. The third kappa shape index (κ3) is 4.79. The zero-order valence-electron chi connectivity index (χ0n) is 12.3. The molecule has 1 unspecified atom stereocenters. The van der Waals surface area contributed by atoms with Crippen molar-refractivity contribution in [2.45, 2.75) is 46.6 Å². The number of benzene rings is 1. The maximum Gasteiger partial charge on any atom is 0.0466 e. The van der Waals surface area contributed by atoms with E-state index in [-0.39, 0.29) is 0 Å². The molecule has 2 nitrogen and oxygen atoms in total. The van der Waals surface area contributed by atoms with Crippen LogP contribution in [-0.2, 0) is 4.74 Å². The Morgan fingerprint density at radius 3 is 2.61 bits per heavy atom. The van der Waals surface area contributed by atoms with Gasteiger partial charge in [0.2, 0.25) is 0 Å². The standard InChI is InChI=1S/C16H27NO/c1-5-17-16(8-7-11-18-6-2)15-10-9-13(3)12-14(15)4/h9-10,12,16-17H,5-8,11H2,1-4H3. The molecule has 0 spiro atoms. The second-order valence-electron chi connectivity index (χ2n) is 4.81. The molecule has 0 saturated carbocycles. The van der Waals surface area contributed by atoms with E-state index in [1.165, 1.54) is 16.7 Å². The van der Waals surface area contributed by atoms with E-state index in [0.29, 0.717) is 6.04 Å². The first-order valence-corrected chi connectivity index (χ1v) is 7.07. The summed E-state index contributed by atoms with van der Waals surface area (Å²) in [5, 5.41) is 3.58. The molecule has 0 aliphatic heterocycles. The van der Waals surface area contributed by atoms with E-state index in [1.807, 2.05) is 6.92 Å². The lowest BCUT2D eigenvalue weighted by atomic mass is 9.96. The summed E-state index contributed by atoms with van der Waals surface area (Å²) in [6, 6.07) is 7.19. The van der Waals surface area contributed by atoms with Crippen molar-refractivity contribution in [3.05, 3.63) is 34.9 Å². The van der Waals surface area contributed by atoms with Gasteiger partial charge in [-0.1, -0.05) is 30.7 Å². The third-order valence-corrected chi connectivity index (χ3v) is 3.24. The molecule has 0 amide bonds. The van der Waals surface area contributed by atoms with Gasteiger partial charge in [-0.3, -0.25) is 0 Å². The van der Waals surface area contributed by atoms with Gasteiger partial charge in [-0.05, 0) is 51.3 Å². The van der Waals surface area contributed by atoms with Gasteiger partial charge in [0.15, 0.2) is 0 Å². The zero-order chi connectivity index (χ0) is 13.4. The van der Waals surface area contributed by atoms with Crippen LogP contribution in [0, 0.1) is 13.8 Å². The number of nitrogens with one attached hydrogen (secondary N) is 1. The molecule has 0 aliphatic rings. The minimum atomic E-state index is 0.455. The molecule has 0 aromatic heterocycles. The predicted octanol–water partition coefficient (Wildman–Crippen LogP) is 3.77. The fourth-order valence-corrected chi connectivity index (χ4v) is 2.36. The maximum atomic E-state index is 5.42. The Kier molecular flexibility index (Phi) is 6.99. The fourth-order valence-electron chi connectivity index (χ4n) is 2.36. The fraction of sp³-hybridized carbons (Fsp3) is 0.625. The highest BCUT2D eigenvalue weighted by molar-refractivity contribution is 5.32. The molecule has 18 heavy (non-hydrogen) atoms. The number of hydrogen-bond donors (Lipinski definition) is 1. The van der Waals surface area contributed by atoms with E-state index in [1.54, 1.807) is 0 Å². The summed E-state index contributed by atoms with van der Waals surface area (Å²) in [4.78, 5) is 0. The van der Waals surface area contributed by atoms with Crippen molar-refractivity contribution in [2.75, 3.05) is 19.8 Å². The molecular formula is C16H27NO. The van der Waals surface area contributed by atoms with Gasteiger partial charge >= 0.3 is 0 Å². The zero-order valence-corrected chi connectivity index (χ0v) is 12.3. The average Bonchev–Trinajstić information content (AvgIpc) is 2.34. The molecule has 1 atom stereocenters. The molecule has 0 fully saturated rings. The highest BCUT2D eigenvalue weighted by atomic mass is 16.5. The molecule has 2 heteroatoms. The minimum absolute atomic E-state index is 0.455. The number of rotatable bonds is 8. The Labute approximate surface area is 112 Å². The van der Waals surface area contributed by atoms with Crippen molar-refractivity contribution in [1.29, 1.82) is 0 Å². The van der Waals surface area contributed by atoms with E-state index in [4.69, 9.17) is 4.74 Å². The Balaban J connectivity index is 2.64. The van der Waals surface area contributed by atoms with Crippen molar-refractivity contribution in [3.63, 3.8) is 0 Å². The van der Waals surface area contributed by atoms with Gasteiger partial charge in [-0.15, -0.1) is 0 Å². The van der Waals surface area contributed by atoms with Crippen molar-refractivity contribution in [2.24, 2.45) is 0 Å². The van der Waals surface area contributed by atoms with E-state index < -0.39 is 0 Å². The summed E-state index contributed by atoms with van der Waals surface area (Å²) in [5.41, 5.74) is 4.15. The normalized spacial score (nSPS) is 12.7. The lowest BCUT2D eigenvalue weighted by molar-refractivity contribution is 0.141. The summed E-state index contributed by atoms with van der Waals surface area (Å²) < 4.78 is 5.42. The number of ether oxygens (including phenoxy) is 1. The first kappa shape index (κ1) is 15.2. The quantitative estimate of drug-likeness (QED) is 0.708. The first-order chi connectivity index (χ1) is 8.69. The SMILES string of the molecule is CCNC(CCCOCC)c1ccc(C)cc1C. The van der Waals surface area contributed by atoms with Crippen LogP contribution in [-0.4, -0.2) is 19.8 Å². The molecule has 1 rings (SSSR count). The summed E-state index contributed by atoms with van der Waals surface area (Å²) >= 11 is 0. The molecule has 102 valence electrons. The smallest absolute Gasteiger partial charge is 0.0466 e. The molecule has 0 radical (unpaired) electrons. The Bertz CT molecular complexity index is 349. The van der Waals surface area contributed by atoms with Gasteiger partial charge in [0.25, 0.3) is 0 Å². The molecule has 1 aromatic carbocycles. The first-order valence-electron chi connectivity index (χ1n) is 7.07. The topological polar surface area (TPSA) is 21.3 Å². The summed E-state index contributed by atoms with van der Waals surface area (Å²) in [5.74, 6) is 0. The van der Waals surface area contributed by atoms with Crippen LogP contribution in [0.3, 0.4) is 0 Å². The van der Waals surface area contributed by atoms with Crippen LogP contribution in [0.5, 0.6) is 0 Å². The Morgan fingerprint density at radius 2 is 2.00 bits per heavy atom. The van der Waals surface area contributed by atoms with Gasteiger partial charge in [0.1, 0.15) is 0 Å². The van der Waals surface area contributed by atoms with E-state index in [0.717, 1.165) is 32.6 Å². The van der Waals surface area contributed by atoms with Crippen molar-refractivity contribution >= 4 is 0 Å². The number of aryl methyl sites for hydroxylation is 2. The Hall–Kier alpha value is -0.860. The van der Waals surface area contributed by atoms with Gasteiger partial charge in [0, 0.05) is 19.3 Å². The molecule has 0 heterocycles. The third-order valence-electron chi connectivity index (χ3n) is 3.24. The summed E-state index contributed by atoms with van der Waals surface area (Å²) in [6.07, 6.45) is 2.25. The largest absolute Gasteiger partial charge is 0.382 e. The van der Waals surface area contributed by atoms with Crippen LogP contribution in [0.4, 0.5) is 0 Å². The van der Waals surface area contributed by atoms with Crippen molar-refractivity contribution in [1.82, 2.24) is 5.32 Å². The van der Waals surface area contributed by atoms with Crippen molar-refractivity contribution < 1.29 is 4.74 Å². The second-order valence-corrected chi connectivity index (χ2v) is 4.81. The van der Waals surface area contributed by atoms with E-state index >= 15 is 0 Å². The van der Waals surface area contributed by atoms with Gasteiger partial charge < -0.3 is 10.1 Å². The summed E-state index contributed by atoms with van der Waals surface area (Å²) in [6.45, 7) is 11.2. The highest BCUT2D eigenvalue weighted by Crippen LogP contribution is 2.23. The summed E-state index contributed by atoms with van der Waals surface area (Å²) in [7, 11) is 0.